The van der Waals surface area contributed by atoms with E-state index >= 15 is 0 Å². The van der Waals surface area contributed by atoms with Crippen LogP contribution in [0.4, 0.5) is 10.1 Å². The Hall–Kier alpha value is -2.05. The van der Waals surface area contributed by atoms with E-state index in [9.17, 15) is 4.39 Å². The number of nitrogens with zero attached hydrogens (tertiary/aromatic N) is 2. The molecule has 0 aromatic heterocycles. The van der Waals surface area contributed by atoms with E-state index in [0.29, 0.717) is 12.1 Å². The van der Waals surface area contributed by atoms with Crippen molar-refractivity contribution in [2.75, 3.05) is 11.9 Å². The number of rotatable bonds is 3. The van der Waals surface area contributed by atoms with Crippen molar-refractivity contribution in [1.29, 1.82) is 5.26 Å². The van der Waals surface area contributed by atoms with Crippen molar-refractivity contribution in [3.8, 4) is 6.07 Å². The maximum Gasteiger partial charge on any atom is 0.141 e. The highest BCUT2D eigenvalue weighted by atomic mass is 35.5. The molecule has 0 N–H and O–H groups in total. The highest BCUT2D eigenvalue weighted by Gasteiger charge is 2.08. The lowest BCUT2D eigenvalue weighted by molar-refractivity contribution is 0.627. The third-order valence-electron chi connectivity index (χ3n) is 2.84. The van der Waals surface area contributed by atoms with Gasteiger partial charge in [-0.15, -0.1) is 0 Å². The Kier molecular flexibility index (Phi) is 4.03. The molecule has 0 aliphatic heterocycles. The molecule has 0 aliphatic carbocycles. The molecule has 2 aromatic rings. The van der Waals surface area contributed by atoms with E-state index < -0.39 is 5.82 Å². The lowest BCUT2D eigenvalue weighted by Gasteiger charge is -2.20. The van der Waals surface area contributed by atoms with Crippen LogP contribution in [0.2, 0.25) is 5.02 Å². The predicted octanol–water partition coefficient (Wildman–Crippen LogP) is 3.99. The first-order chi connectivity index (χ1) is 9.11. The van der Waals surface area contributed by atoms with Gasteiger partial charge >= 0.3 is 0 Å². The summed E-state index contributed by atoms with van der Waals surface area (Å²) in [6.07, 6.45) is 0. The molecular weight excluding hydrogens is 263 g/mol. The van der Waals surface area contributed by atoms with Crippen LogP contribution in [0.1, 0.15) is 11.1 Å². The zero-order chi connectivity index (χ0) is 13.8. The highest BCUT2D eigenvalue weighted by Crippen LogP contribution is 2.22. The SMILES string of the molecule is CN(Cc1ccc(F)c(Cl)c1)c1ccccc1C#N. The Morgan fingerprint density at radius 1 is 1.26 bits per heavy atom. The Balaban J connectivity index is 2.23. The van der Waals surface area contributed by atoms with E-state index in [0.717, 1.165) is 11.3 Å². The molecule has 0 spiro atoms. The number of para-hydroxylation sites is 1. The Bertz CT molecular complexity index is 634. The number of hydrogen-bond donors (Lipinski definition) is 0. The van der Waals surface area contributed by atoms with Gasteiger partial charge in [-0.3, -0.25) is 0 Å². The topological polar surface area (TPSA) is 27.0 Å². The molecule has 96 valence electrons. The molecule has 0 atom stereocenters. The Morgan fingerprint density at radius 3 is 2.68 bits per heavy atom. The zero-order valence-electron chi connectivity index (χ0n) is 10.4. The van der Waals surface area contributed by atoms with E-state index in [1.54, 1.807) is 18.2 Å². The van der Waals surface area contributed by atoms with Crippen LogP contribution < -0.4 is 4.90 Å². The van der Waals surface area contributed by atoms with E-state index in [4.69, 9.17) is 16.9 Å². The van der Waals surface area contributed by atoms with Gasteiger partial charge in [-0.25, -0.2) is 4.39 Å². The summed E-state index contributed by atoms with van der Waals surface area (Å²) in [4.78, 5) is 1.93. The second-order valence-electron chi connectivity index (χ2n) is 4.23. The molecule has 0 saturated carbocycles. The minimum Gasteiger partial charge on any atom is -0.369 e. The molecule has 0 amide bonds. The summed E-state index contributed by atoms with van der Waals surface area (Å²) in [6, 6.07) is 14.1. The van der Waals surface area contributed by atoms with Crippen LogP contribution in [-0.2, 0) is 6.54 Å². The molecule has 0 bridgehead atoms. The first-order valence-electron chi connectivity index (χ1n) is 5.76. The molecule has 0 fully saturated rings. The van der Waals surface area contributed by atoms with Crippen LogP contribution in [0.5, 0.6) is 0 Å². The van der Waals surface area contributed by atoms with Gasteiger partial charge in [0.2, 0.25) is 0 Å². The fourth-order valence-electron chi connectivity index (χ4n) is 1.90. The fraction of sp³-hybridized carbons (Fsp3) is 0.133. The van der Waals surface area contributed by atoms with E-state index in [-0.39, 0.29) is 5.02 Å². The van der Waals surface area contributed by atoms with Gasteiger partial charge in [-0.1, -0.05) is 29.8 Å². The van der Waals surface area contributed by atoms with Crippen molar-refractivity contribution in [3.05, 3.63) is 64.4 Å². The second-order valence-corrected chi connectivity index (χ2v) is 4.64. The summed E-state index contributed by atoms with van der Waals surface area (Å²) in [5.74, 6) is -0.425. The van der Waals surface area contributed by atoms with Crippen LogP contribution in [0.25, 0.3) is 0 Å². The molecule has 2 rings (SSSR count). The third kappa shape index (κ3) is 3.04. The standard InChI is InChI=1S/C15H12ClFN2/c1-19(15-5-3-2-4-12(15)9-18)10-11-6-7-14(17)13(16)8-11/h2-8H,10H2,1H3. The first kappa shape index (κ1) is 13.4. The largest absolute Gasteiger partial charge is 0.369 e. The summed E-state index contributed by atoms with van der Waals surface area (Å²) >= 11 is 5.76. The van der Waals surface area contributed by atoms with Crippen LogP contribution in [0, 0.1) is 17.1 Å². The van der Waals surface area contributed by atoms with Gasteiger partial charge in [0.05, 0.1) is 16.3 Å². The van der Waals surface area contributed by atoms with Crippen LogP contribution in [0.3, 0.4) is 0 Å². The van der Waals surface area contributed by atoms with Crippen molar-refractivity contribution in [2.24, 2.45) is 0 Å². The average Bonchev–Trinajstić information content (AvgIpc) is 2.43. The third-order valence-corrected chi connectivity index (χ3v) is 3.13. The summed E-state index contributed by atoms with van der Waals surface area (Å²) in [7, 11) is 1.88. The molecule has 0 aliphatic rings. The molecule has 0 unspecified atom stereocenters. The number of anilines is 1. The number of benzene rings is 2. The monoisotopic (exact) mass is 274 g/mol. The van der Waals surface area contributed by atoms with Crippen molar-refractivity contribution in [3.63, 3.8) is 0 Å². The van der Waals surface area contributed by atoms with Crippen molar-refractivity contribution in [2.45, 2.75) is 6.54 Å². The summed E-state index contributed by atoms with van der Waals surface area (Å²) in [5.41, 5.74) is 2.34. The van der Waals surface area contributed by atoms with Crippen molar-refractivity contribution < 1.29 is 4.39 Å². The Morgan fingerprint density at radius 2 is 2.00 bits per heavy atom. The molecule has 0 heterocycles. The van der Waals surface area contributed by atoms with Crippen molar-refractivity contribution >= 4 is 17.3 Å². The molecule has 2 nitrogen and oxygen atoms in total. The summed E-state index contributed by atoms with van der Waals surface area (Å²) in [5, 5.41) is 9.18. The van der Waals surface area contributed by atoms with Gasteiger partial charge in [0, 0.05) is 13.6 Å². The van der Waals surface area contributed by atoms with E-state index in [2.05, 4.69) is 6.07 Å². The second kappa shape index (κ2) is 5.73. The molecule has 4 heteroatoms. The minimum atomic E-state index is -0.425. The molecule has 0 saturated heterocycles. The maximum atomic E-state index is 13.1. The lowest BCUT2D eigenvalue weighted by Crippen LogP contribution is -2.17. The number of hydrogen-bond acceptors (Lipinski definition) is 2. The highest BCUT2D eigenvalue weighted by molar-refractivity contribution is 6.30. The van der Waals surface area contributed by atoms with Gasteiger partial charge < -0.3 is 4.90 Å². The van der Waals surface area contributed by atoms with Gasteiger partial charge in [0.1, 0.15) is 11.9 Å². The van der Waals surface area contributed by atoms with Gasteiger partial charge in [0.25, 0.3) is 0 Å². The van der Waals surface area contributed by atoms with E-state index in [1.165, 1.54) is 6.07 Å². The van der Waals surface area contributed by atoms with Crippen LogP contribution in [-0.4, -0.2) is 7.05 Å². The van der Waals surface area contributed by atoms with Crippen LogP contribution in [0.15, 0.2) is 42.5 Å². The quantitative estimate of drug-likeness (QED) is 0.846. The molecule has 2 aromatic carbocycles. The average molecular weight is 275 g/mol. The normalized spacial score (nSPS) is 10.0. The van der Waals surface area contributed by atoms with Gasteiger partial charge in [0.15, 0.2) is 0 Å². The maximum absolute atomic E-state index is 13.1. The number of halogens is 2. The van der Waals surface area contributed by atoms with Crippen molar-refractivity contribution in [1.82, 2.24) is 0 Å². The fourth-order valence-corrected chi connectivity index (χ4v) is 2.10. The van der Waals surface area contributed by atoms with Gasteiger partial charge in [-0.2, -0.15) is 5.26 Å². The summed E-state index contributed by atoms with van der Waals surface area (Å²) in [6.45, 7) is 0.554. The lowest BCUT2D eigenvalue weighted by atomic mass is 10.1. The predicted molar refractivity (Wildman–Crippen MR) is 74.7 cm³/mol. The van der Waals surface area contributed by atoms with Crippen LogP contribution >= 0.6 is 11.6 Å². The molecule has 0 radical (unpaired) electrons. The first-order valence-corrected chi connectivity index (χ1v) is 6.14. The van der Waals surface area contributed by atoms with E-state index in [1.807, 2.05) is 30.1 Å². The minimum absolute atomic E-state index is 0.111. The zero-order valence-corrected chi connectivity index (χ0v) is 11.2. The molecular formula is C15H12ClFN2. The Labute approximate surface area is 116 Å². The van der Waals surface area contributed by atoms with Gasteiger partial charge in [-0.05, 0) is 29.8 Å². The number of nitriles is 1. The summed E-state index contributed by atoms with van der Waals surface area (Å²) < 4.78 is 13.1. The smallest absolute Gasteiger partial charge is 0.141 e. The molecule has 19 heavy (non-hydrogen) atoms.